The summed E-state index contributed by atoms with van der Waals surface area (Å²) < 4.78 is 6.25. The van der Waals surface area contributed by atoms with E-state index in [0.29, 0.717) is 17.9 Å². The SMILES string of the molecule is COC(=O)[C@H](C)[C@H](NCc1cc(=O)n2[nH]ccc2n1)c1ccccc1. The van der Waals surface area contributed by atoms with Gasteiger partial charge in [0.05, 0.1) is 18.7 Å². The number of esters is 1. The summed E-state index contributed by atoms with van der Waals surface area (Å²) in [6.07, 6.45) is 1.66. The first-order valence-electron chi connectivity index (χ1n) is 8.02. The van der Waals surface area contributed by atoms with Crippen molar-refractivity contribution in [1.82, 2.24) is 19.9 Å². The highest BCUT2D eigenvalue weighted by atomic mass is 16.5. The minimum Gasteiger partial charge on any atom is -0.469 e. The third-order valence-corrected chi connectivity index (χ3v) is 4.17. The summed E-state index contributed by atoms with van der Waals surface area (Å²) >= 11 is 0. The van der Waals surface area contributed by atoms with E-state index in [1.54, 1.807) is 12.3 Å². The first kappa shape index (κ1) is 16.9. The Kier molecular flexibility index (Phi) is 4.95. The molecule has 0 aliphatic rings. The van der Waals surface area contributed by atoms with E-state index in [2.05, 4.69) is 15.4 Å². The van der Waals surface area contributed by atoms with Crippen LogP contribution in [-0.4, -0.2) is 27.7 Å². The highest BCUT2D eigenvalue weighted by Gasteiger charge is 2.26. The van der Waals surface area contributed by atoms with Crippen molar-refractivity contribution >= 4 is 11.6 Å². The smallest absolute Gasteiger partial charge is 0.310 e. The number of hydrogen-bond acceptors (Lipinski definition) is 5. The van der Waals surface area contributed by atoms with Gasteiger partial charge in [0, 0.05) is 30.9 Å². The zero-order valence-corrected chi connectivity index (χ0v) is 14.1. The molecule has 0 spiro atoms. The molecule has 0 radical (unpaired) electrons. The van der Waals surface area contributed by atoms with Crippen molar-refractivity contribution in [3.8, 4) is 0 Å². The van der Waals surface area contributed by atoms with Crippen molar-refractivity contribution in [1.29, 1.82) is 0 Å². The van der Waals surface area contributed by atoms with Gasteiger partial charge in [0.15, 0.2) is 5.65 Å². The van der Waals surface area contributed by atoms with Gasteiger partial charge >= 0.3 is 5.97 Å². The van der Waals surface area contributed by atoms with E-state index in [1.165, 1.54) is 17.7 Å². The molecule has 2 aromatic heterocycles. The maximum absolute atomic E-state index is 12.1. The summed E-state index contributed by atoms with van der Waals surface area (Å²) in [5, 5.41) is 6.14. The second-order valence-corrected chi connectivity index (χ2v) is 5.82. The number of ether oxygens (including phenoxy) is 1. The van der Waals surface area contributed by atoms with E-state index in [9.17, 15) is 9.59 Å². The number of carbonyl (C=O) groups is 1. The quantitative estimate of drug-likeness (QED) is 0.666. The van der Waals surface area contributed by atoms with Crippen molar-refractivity contribution in [2.75, 3.05) is 7.11 Å². The maximum atomic E-state index is 12.1. The summed E-state index contributed by atoms with van der Waals surface area (Å²) in [4.78, 5) is 28.5. The highest BCUT2D eigenvalue weighted by molar-refractivity contribution is 5.73. The molecular weight excluding hydrogens is 320 g/mol. The zero-order valence-electron chi connectivity index (χ0n) is 14.1. The summed E-state index contributed by atoms with van der Waals surface area (Å²) in [7, 11) is 1.38. The second kappa shape index (κ2) is 7.31. The van der Waals surface area contributed by atoms with E-state index in [-0.39, 0.29) is 23.5 Å². The lowest BCUT2D eigenvalue weighted by atomic mass is 9.94. The van der Waals surface area contributed by atoms with Crippen LogP contribution in [0.2, 0.25) is 0 Å². The summed E-state index contributed by atoms with van der Waals surface area (Å²) in [5.41, 5.74) is 1.97. The molecule has 0 saturated heterocycles. The topological polar surface area (TPSA) is 88.5 Å². The van der Waals surface area contributed by atoms with Crippen molar-refractivity contribution in [2.45, 2.75) is 19.5 Å². The van der Waals surface area contributed by atoms with Gasteiger partial charge < -0.3 is 10.1 Å². The average Bonchev–Trinajstić information content (AvgIpc) is 3.11. The normalized spacial score (nSPS) is 13.5. The van der Waals surface area contributed by atoms with Crippen LogP contribution in [-0.2, 0) is 16.1 Å². The number of nitrogens with one attached hydrogen (secondary N) is 2. The molecular formula is C18H20N4O3. The molecule has 0 saturated carbocycles. The molecule has 25 heavy (non-hydrogen) atoms. The van der Waals surface area contributed by atoms with E-state index >= 15 is 0 Å². The Morgan fingerprint density at radius 1 is 1.32 bits per heavy atom. The third kappa shape index (κ3) is 3.61. The fourth-order valence-corrected chi connectivity index (χ4v) is 2.85. The molecule has 0 fully saturated rings. The second-order valence-electron chi connectivity index (χ2n) is 5.82. The van der Waals surface area contributed by atoms with Crippen LogP contribution in [0.3, 0.4) is 0 Å². The number of benzene rings is 1. The van der Waals surface area contributed by atoms with Gasteiger partial charge in [-0.15, -0.1) is 0 Å². The van der Waals surface area contributed by atoms with Gasteiger partial charge in [-0.25, -0.2) is 9.50 Å². The van der Waals surface area contributed by atoms with Gasteiger partial charge in [-0.1, -0.05) is 37.3 Å². The van der Waals surface area contributed by atoms with Crippen LogP contribution in [0.25, 0.3) is 5.65 Å². The van der Waals surface area contributed by atoms with Crippen molar-refractivity contribution < 1.29 is 9.53 Å². The third-order valence-electron chi connectivity index (χ3n) is 4.17. The van der Waals surface area contributed by atoms with Crippen LogP contribution in [0.15, 0.2) is 53.5 Å². The molecule has 3 aromatic rings. The number of H-pyrrole nitrogens is 1. The molecule has 2 atom stereocenters. The number of aromatic amines is 1. The van der Waals surface area contributed by atoms with Gasteiger partial charge in [0.1, 0.15) is 0 Å². The molecule has 0 amide bonds. The lowest BCUT2D eigenvalue weighted by Crippen LogP contribution is -2.32. The molecule has 0 bridgehead atoms. The molecule has 1 aromatic carbocycles. The van der Waals surface area contributed by atoms with E-state index < -0.39 is 0 Å². The minimum atomic E-state index is -0.385. The molecule has 0 aliphatic carbocycles. The van der Waals surface area contributed by atoms with Crippen LogP contribution in [0.1, 0.15) is 24.2 Å². The Morgan fingerprint density at radius 3 is 2.80 bits per heavy atom. The first-order valence-corrected chi connectivity index (χ1v) is 8.02. The fraction of sp³-hybridized carbons (Fsp3) is 0.278. The van der Waals surface area contributed by atoms with E-state index in [4.69, 9.17) is 4.74 Å². The average molecular weight is 340 g/mol. The summed E-state index contributed by atoms with van der Waals surface area (Å²) in [5.74, 6) is -0.681. The Bertz CT molecular complexity index is 917. The number of fused-ring (bicyclic) bond motifs is 1. The van der Waals surface area contributed by atoms with E-state index in [1.807, 2.05) is 37.3 Å². The largest absolute Gasteiger partial charge is 0.469 e. The number of aromatic nitrogens is 3. The summed E-state index contributed by atoms with van der Waals surface area (Å²) in [6, 6.07) is 12.6. The minimum absolute atomic E-state index is 0.177. The van der Waals surface area contributed by atoms with Crippen LogP contribution in [0.5, 0.6) is 0 Å². The predicted octanol–water partition coefficient (Wildman–Crippen LogP) is 1.66. The predicted molar refractivity (Wildman–Crippen MR) is 93.0 cm³/mol. The van der Waals surface area contributed by atoms with Crippen LogP contribution in [0, 0.1) is 5.92 Å². The van der Waals surface area contributed by atoms with Crippen molar-refractivity contribution in [3.05, 3.63) is 70.3 Å². The van der Waals surface area contributed by atoms with Crippen LogP contribution < -0.4 is 10.9 Å². The maximum Gasteiger partial charge on any atom is 0.310 e. The first-order chi connectivity index (χ1) is 12.1. The van der Waals surface area contributed by atoms with Crippen LogP contribution >= 0.6 is 0 Å². The molecule has 130 valence electrons. The van der Waals surface area contributed by atoms with Gasteiger partial charge in [0.2, 0.25) is 0 Å². The summed E-state index contributed by atoms with van der Waals surface area (Å²) in [6.45, 7) is 2.17. The fourth-order valence-electron chi connectivity index (χ4n) is 2.85. The number of carbonyl (C=O) groups excluding carboxylic acids is 1. The van der Waals surface area contributed by atoms with Crippen molar-refractivity contribution in [3.63, 3.8) is 0 Å². The monoisotopic (exact) mass is 340 g/mol. The Balaban J connectivity index is 1.84. The molecule has 3 rings (SSSR count). The van der Waals surface area contributed by atoms with Crippen molar-refractivity contribution in [2.24, 2.45) is 5.92 Å². The Labute approximate surface area is 144 Å². The van der Waals surface area contributed by atoms with Crippen LogP contribution in [0.4, 0.5) is 0 Å². The Morgan fingerprint density at radius 2 is 2.08 bits per heavy atom. The molecule has 0 unspecified atom stereocenters. The van der Waals surface area contributed by atoms with Gasteiger partial charge in [-0.3, -0.25) is 14.7 Å². The molecule has 0 aliphatic heterocycles. The number of hydrogen-bond donors (Lipinski definition) is 2. The molecule has 2 heterocycles. The number of rotatable bonds is 6. The zero-order chi connectivity index (χ0) is 17.8. The number of nitrogens with zero attached hydrogens (tertiary/aromatic N) is 2. The van der Waals surface area contributed by atoms with Gasteiger partial charge in [-0.2, -0.15) is 0 Å². The Hall–Kier alpha value is -2.93. The molecule has 2 N–H and O–H groups in total. The van der Waals surface area contributed by atoms with Gasteiger partial charge in [0.25, 0.3) is 5.56 Å². The number of methoxy groups -OCH3 is 1. The molecule has 7 nitrogen and oxygen atoms in total. The lowest BCUT2D eigenvalue weighted by molar-refractivity contribution is -0.146. The lowest BCUT2D eigenvalue weighted by Gasteiger charge is -2.24. The highest BCUT2D eigenvalue weighted by Crippen LogP contribution is 2.23. The van der Waals surface area contributed by atoms with Gasteiger partial charge in [-0.05, 0) is 5.56 Å². The molecule has 7 heteroatoms. The van der Waals surface area contributed by atoms with E-state index in [0.717, 1.165) is 5.56 Å². The standard InChI is InChI=1S/C18H20N4O3/c1-12(18(24)25-2)17(13-6-4-3-5-7-13)19-11-14-10-16(23)22-15(21-14)8-9-20-22/h3-10,12,17,19-20H,11H2,1-2H3/t12-,17+/m1/s1.